The molecule has 0 saturated carbocycles. The standard InChI is InChI=1S/C19H26N2O2S2/c1-14(2)25-13-16-12-18(22)21-19(20-16)24-11-5-4-10-23-17-8-6-15(3)7-9-17/h6-9,12,14H,4-5,10-11,13H2,1-3H3,(H,20,21,22). The molecule has 4 nitrogen and oxygen atoms in total. The largest absolute Gasteiger partial charge is 0.494 e. The summed E-state index contributed by atoms with van der Waals surface area (Å²) in [5.41, 5.74) is 2.02. The quantitative estimate of drug-likeness (QED) is 0.370. The van der Waals surface area contributed by atoms with E-state index in [0.29, 0.717) is 17.0 Å². The summed E-state index contributed by atoms with van der Waals surface area (Å²) in [4.78, 5) is 19.1. The lowest BCUT2D eigenvalue weighted by Gasteiger charge is -2.07. The fraction of sp³-hybridized carbons (Fsp3) is 0.474. The van der Waals surface area contributed by atoms with Crippen molar-refractivity contribution in [2.24, 2.45) is 0 Å². The minimum atomic E-state index is -0.0699. The van der Waals surface area contributed by atoms with Crippen LogP contribution in [0.1, 0.15) is 37.9 Å². The summed E-state index contributed by atoms with van der Waals surface area (Å²) in [5, 5.41) is 1.25. The lowest BCUT2D eigenvalue weighted by atomic mass is 10.2. The zero-order valence-corrected chi connectivity index (χ0v) is 16.7. The number of ether oxygens (including phenoxy) is 1. The average molecular weight is 379 g/mol. The molecule has 1 N–H and O–H groups in total. The SMILES string of the molecule is Cc1ccc(OCCCCSc2nc(CSC(C)C)cc(=O)[nH]2)cc1. The number of hydrogen-bond donors (Lipinski definition) is 1. The maximum absolute atomic E-state index is 11.7. The molecule has 0 amide bonds. The lowest BCUT2D eigenvalue weighted by molar-refractivity contribution is 0.310. The van der Waals surface area contributed by atoms with Crippen LogP contribution in [-0.4, -0.2) is 27.6 Å². The van der Waals surface area contributed by atoms with E-state index in [1.165, 1.54) is 5.56 Å². The van der Waals surface area contributed by atoms with Gasteiger partial charge in [-0.3, -0.25) is 4.79 Å². The number of thioether (sulfide) groups is 2. The molecule has 0 radical (unpaired) electrons. The molecule has 1 heterocycles. The molecule has 0 fully saturated rings. The Bertz CT molecular complexity index is 699. The average Bonchev–Trinajstić information content (AvgIpc) is 2.57. The van der Waals surface area contributed by atoms with Gasteiger partial charge < -0.3 is 9.72 Å². The lowest BCUT2D eigenvalue weighted by Crippen LogP contribution is -2.10. The molecule has 1 aromatic carbocycles. The minimum absolute atomic E-state index is 0.0699. The van der Waals surface area contributed by atoms with Crippen LogP contribution >= 0.6 is 23.5 Å². The summed E-state index contributed by atoms with van der Waals surface area (Å²) in [6.07, 6.45) is 2.00. The third-order valence-electron chi connectivity index (χ3n) is 3.40. The summed E-state index contributed by atoms with van der Waals surface area (Å²) in [6.45, 7) is 7.06. The first kappa shape index (κ1) is 19.9. The van der Waals surface area contributed by atoms with E-state index in [-0.39, 0.29) is 5.56 Å². The second-order valence-corrected chi connectivity index (χ2v) is 8.77. The third-order valence-corrected chi connectivity index (χ3v) is 5.49. The van der Waals surface area contributed by atoms with E-state index < -0.39 is 0 Å². The molecule has 0 aliphatic heterocycles. The zero-order chi connectivity index (χ0) is 18.1. The fourth-order valence-electron chi connectivity index (χ4n) is 2.08. The van der Waals surface area contributed by atoms with E-state index in [9.17, 15) is 4.79 Å². The van der Waals surface area contributed by atoms with Crippen molar-refractivity contribution >= 4 is 23.5 Å². The van der Waals surface area contributed by atoms with Gasteiger partial charge in [-0.2, -0.15) is 11.8 Å². The molecule has 0 spiro atoms. The van der Waals surface area contributed by atoms with Crippen LogP contribution in [0.5, 0.6) is 5.75 Å². The molecule has 0 atom stereocenters. The smallest absolute Gasteiger partial charge is 0.251 e. The molecule has 0 saturated heterocycles. The number of nitrogens with one attached hydrogen (secondary N) is 1. The third kappa shape index (κ3) is 8.01. The highest BCUT2D eigenvalue weighted by atomic mass is 32.2. The predicted molar refractivity (Wildman–Crippen MR) is 108 cm³/mol. The number of nitrogens with zero attached hydrogens (tertiary/aromatic N) is 1. The molecule has 6 heteroatoms. The molecule has 25 heavy (non-hydrogen) atoms. The van der Waals surface area contributed by atoms with Crippen LogP contribution < -0.4 is 10.3 Å². The molecular formula is C19H26N2O2S2. The van der Waals surface area contributed by atoms with Crippen LogP contribution in [-0.2, 0) is 5.75 Å². The van der Waals surface area contributed by atoms with Gasteiger partial charge in [0.15, 0.2) is 5.16 Å². The Morgan fingerprint density at radius 2 is 1.96 bits per heavy atom. The van der Waals surface area contributed by atoms with Gasteiger partial charge in [0.1, 0.15) is 5.75 Å². The van der Waals surface area contributed by atoms with E-state index in [1.54, 1.807) is 29.6 Å². The molecule has 0 unspecified atom stereocenters. The predicted octanol–water partition coefficient (Wildman–Crippen LogP) is 4.67. The van der Waals surface area contributed by atoms with Gasteiger partial charge in [-0.05, 0) is 37.1 Å². The van der Waals surface area contributed by atoms with Crippen molar-refractivity contribution in [1.82, 2.24) is 9.97 Å². The first-order valence-corrected chi connectivity index (χ1v) is 10.6. The van der Waals surface area contributed by atoms with E-state index in [0.717, 1.165) is 35.8 Å². The van der Waals surface area contributed by atoms with Gasteiger partial charge in [0.2, 0.25) is 0 Å². The zero-order valence-electron chi connectivity index (χ0n) is 15.1. The summed E-state index contributed by atoms with van der Waals surface area (Å²) >= 11 is 3.39. The highest BCUT2D eigenvalue weighted by molar-refractivity contribution is 7.99. The Morgan fingerprint density at radius 3 is 2.68 bits per heavy atom. The van der Waals surface area contributed by atoms with Gasteiger partial charge >= 0.3 is 0 Å². The molecule has 0 aliphatic rings. The number of aromatic nitrogens is 2. The Morgan fingerprint density at radius 1 is 1.20 bits per heavy atom. The van der Waals surface area contributed by atoms with Crippen LogP contribution in [0.15, 0.2) is 40.3 Å². The fourth-order valence-corrected chi connectivity index (χ4v) is 3.62. The molecule has 0 bridgehead atoms. The van der Waals surface area contributed by atoms with E-state index in [2.05, 4.69) is 42.9 Å². The van der Waals surface area contributed by atoms with Crippen molar-refractivity contribution in [2.75, 3.05) is 12.4 Å². The molecule has 2 aromatic rings. The van der Waals surface area contributed by atoms with Crippen molar-refractivity contribution in [2.45, 2.75) is 49.8 Å². The van der Waals surface area contributed by atoms with Gasteiger partial charge in [0, 0.05) is 17.6 Å². The number of rotatable bonds is 10. The number of unbranched alkanes of at least 4 members (excludes halogenated alkanes) is 1. The van der Waals surface area contributed by atoms with Gasteiger partial charge in [-0.1, -0.05) is 43.3 Å². The summed E-state index contributed by atoms with van der Waals surface area (Å²) < 4.78 is 5.72. The van der Waals surface area contributed by atoms with E-state index >= 15 is 0 Å². The molecule has 0 aliphatic carbocycles. The molecule has 1 aromatic heterocycles. The van der Waals surface area contributed by atoms with E-state index in [1.807, 2.05) is 12.1 Å². The van der Waals surface area contributed by atoms with Crippen molar-refractivity contribution < 1.29 is 4.74 Å². The Labute approximate surface area is 158 Å². The number of hydrogen-bond acceptors (Lipinski definition) is 5. The monoisotopic (exact) mass is 378 g/mol. The first-order chi connectivity index (χ1) is 12.0. The highest BCUT2D eigenvalue weighted by Gasteiger charge is 2.04. The number of aromatic amines is 1. The van der Waals surface area contributed by atoms with Crippen LogP contribution in [0.25, 0.3) is 0 Å². The van der Waals surface area contributed by atoms with Crippen LogP contribution in [0.4, 0.5) is 0 Å². The van der Waals surface area contributed by atoms with Gasteiger partial charge in [0.25, 0.3) is 5.56 Å². The van der Waals surface area contributed by atoms with Crippen molar-refractivity contribution in [3.63, 3.8) is 0 Å². The topological polar surface area (TPSA) is 55.0 Å². The van der Waals surface area contributed by atoms with Gasteiger partial charge in [-0.15, -0.1) is 0 Å². The van der Waals surface area contributed by atoms with Crippen molar-refractivity contribution in [3.05, 3.63) is 51.9 Å². The second-order valence-electron chi connectivity index (χ2n) is 6.12. The van der Waals surface area contributed by atoms with Crippen molar-refractivity contribution in [3.8, 4) is 5.75 Å². The van der Waals surface area contributed by atoms with Gasteiger partial charge in [0.05, 0.1) is 12.3 Å². The van der Waals surface area contributed by atoms with Crippen molar-refractivity contribution in [1.29, 1.82) is 0 Å². The first-order valence-electron chi connectivity index (χ1n) is 8.57. The van der Waals surface area contributed by atoms with Crippen LogP contribution in [0.2, 0.25) is 0 Å². The molecule has 2 rings (SSSR count). The maximum Gasteiger partial charge on any atom is 0.251 e. The molecular weight excluding hydrogens is 352 g/mol. The maximum atomic E-state index is 11.7. The number of H-pyrrole nitrogens is 1. The second kappa shape index (κ2) is 10.6. The Balaban J connectivity index is 1.68. The Kier molecular flexibility index (Phi) is 8.41. The van der Waals surface area contributed by atoms with Crippen LogP contribution in [0.3, 0.4) is 0 Å². The normalized spacial score (nSPS) is 11.0. The summed E-state index contributed by atoms with van der Waals surface area (Å²) in [5.74, 6) is 2.61. The van der Waals surface area contributed by atoms with Crippen LogP contribution in [0, 0.1) is 6.92 Å². The van der Waals surface area contributed by atoms with Gasteiger partial charge in [-0.25, -0.2) is 4.98 Å². The summed E-state index contributed by atoms with van der Waals surface area (Å²) in [7, 11) is 0. The number of benzene rings is 1. The Hall–Kier alpha value is -1.40. The summed E-state index contributed by atoms with van der Waals surface area (Å²) in [6, 6.07) is 9.70. The van der Waals surface area contributed by atoms with E-state index in [4.69, 9.17) is 4.74 Å². The molecule has 136 valence electrons. The highest BCUT2D eigenvalue weighted by Crippen LogP contribution is 2.18. The minimum Gasteiger partial charge on any atom is -0.494 e. The number of aryl methyl sites for hydroxylation is 1.